The van der Waals surface area contributed by atoms with E-state index in [1.807, 2.05) is 0 Å². The summed E-state index contributed by atoms with van der Waals surface area (Å²) in [6.07, 6.45) is 2.65. The minimum absolute atomic E-state index is 0.274. The van der Waals surface area contributed by atoms with E-state index in [1.165, 1.54) is 11.6 Å². The van der Waals surface area contributed by atoms with Crippen LogP contribution in [0.5, 0.6) is 0 Å². The van der Waals surface area contributed by atoms with Crippen molar-refractivity contribution in [1.82, 2.24) is 5.48 Å². The molecule has 0 aliphatic carbocycles. The van der Waals surface area contributed by atoms with Gasteiger partial charge in [0.25, 0.3) is 11.8 Å². The number of nitrogens with one attached hydrogen (secondary N) is 2. The molecule has 0 unspecified atom stereocenters. The van der Waals surface area contributed by atoms with Crippen molar-refractivity contribution >= 4 is 35.2 Å². The van der Waals surface area contributed by atoms with Crippen molar-refractivity contribution in [3.63, 3.8) is 0 Å². The summed E-state index contributed by atoms with van der Waals surface area (Å²) in [5.74, 6) is -0.916. The Morgan fingerprint density at radius 3 is 2.50 bits per heavy atom. The summed E-state index contributed by atoms with van der Waals surface area (Å²) in [5.41, 5.74) is 3.23. The smallest absolute Gasteiger partial charge is 0.267 e. The van der Waals surface area contributed by atoms with Crippen LogP contribution in [0.1, 0.15) is 15.9 Å². The lowest BCUT2D eigenvalue weighted by molar-refractivity contribution is -0.124. The number of anilines is 1. The molecule has 2 amide bonds. The lowest BCUT2D eigenvalue weighted by Crippen LogP contribution is -2.14. The summed E-state index contributed by atoms with van der Waals surface area (Å²) in [7, 11) is 0. The van der Waals surface area contributed by atoms with Gasteiger partial charge in [-0.3, -0.25) is 14.8 Å². The number of hydroxylamine groups is 1. The number of hydrogen-bond acceptors (Lipinski definition) is 3. The second kappa shape index (κ2) is 7.40. The molecular weight excluding hydrogens is 304 g/mol. The maximum atomic E-state index is 12.2. The summed E-state index contributed by atoms with van der Waals surface area (Å²) in [4.78, 5) is 23.1. The minimum Gasteiger partial charge on any atom is -0.322 e. The predicted molar refractivity (Wildman–Crippen MR) is 84.8 cm³/mol. The Kier molecular flexibility index (Phi) is 5.30. The standard InChI is InChI=1S/C16H13ClN2O3/c17-13-5-7-14(8-6-13)18-16(21)12-3-1-2-11(10-12)4-9-15(20)19-22/h1-10,22H,(H,18,21)(H,19,20)/b9-4+. The van der Waals surface area contributed by atoms with E-state index >= 15 is 0 Å². The number of benzene rings is 2. The van der Waals surface area contributed by atoms with Gasteiger partial charge in [0.1, 0.15) is 0 Å². The van der Waals surface area contributed by atoms with Gasteiger partial charge in [-0.25, -0.2) is 5.48 Å². The van der Waals surface area contributed by atoms with Crippen LogP contribution in [0.2, 0.25) is 5.02 Å². The first-order valence-electron chi connectivity index (χ1n) is 6.37. The van der Waals surface area contributed by atoms with E-state index in [2.05, 4.69) is 5.32 Å². The molecule has 6 heteroatoms. The monoisotopic (exact) mass is 316 g/mol. The summed E-state index contributed by atoms with van der Waals surface area (Å²) in [6.45, 7) is 0. The van der Waals surface area contributed by atoms with Crippen molar-refractivity contribution in [1.29, 1.82) is 0 Å². The van der Waals surface area contributed by atoms with Crippen molar-refractivity contribution < 1.29 is 14.8 Å². The second-order valence-electron chi connectivity index (χ2n) is 4.40. The molecule has 112 valence electrons. The number of carbonyl (C=O) groups excluding carboxylic acids is 2. The largest absolute Gasteiger partial charge is 0.322 e. The molecule has 0 aliphatic rings. The van der Waals surface area contributed by atoms with Crippen LogP contribution in [0.3, 0.4) is 0 Å². The highest BCUT2D eigenvalue weighted by Crippen LogP contribution is 2.15. The Morgan fingerprint density at radius 2 is 1.82 bits per heavy atom. The van der Waals surface area contributed by atoms with Crippen LogP contribution in [-0.4, -0.2) is 17.0 Å². The lowest BCUT2D eigenvalue weighted by atomic mass is 10.1. The molecule has 0 aliphatic heterocycles. The molecule has 0 saturated heterocycles. The topological polar surface area (TPSA) is 78.4 Å². The molecule has 0 radical (unpaired) electrons. The SMILES string of the molecule is O=C(/C=C/c1cccc(C(=O)Nc2ccc(Cl)cc2)c1)NO. The molecule has 2 aromatic rings. The van der Waals surface area contributed by atoms with Crippen LogP contribution < -0.4 is 10.8 Å². The highest BCUT2D eigenvalue weighted by Gasteiger charge is 2.06. The number of amides is 2. The van der Waals surface area contributed by atoms with Gasteiger partial charge in [-0.15, -0.1) is 0 Å². The molecule has 22 heavy (non-hydrogen) atoms. The maximum Gasteiger partial charge on any atom is 0.267 e. The Hall–Kier alpha value is -2.63. The van der Waals surface area contributed by atoms with Gasteiger partial charge in [-0.1, -0.05) is 23.7 Å². The zero-order valence-corrected chi connectivity index (χ0v) is 12.2. The fraction of sp³-hybridized carbons (Fsp3) is 0. The molecule has 0 saturated carbocycles. The van der Waals surface area contributed by atoms with Crippen LogP contribution in [-0.2, 0) is 4.79 Å². The van der Waals surface area contributed by atoms with Gasteiger partial charge in [-0.2, -0.15) is 0 Å². The van der Waals surface area contributed by atoms with E-state index in [9.17, 15) is 9.59 Å². The van der Waals surface area contributed by atoms with E-state index in [4.69, 9.17) is 16.8 Å². The Bertz CT molecular complexity index is 712. The molecule has 0 atom stereocenters. The van der Waals surface area contributed by atoms with Gasteiger partial charge in [0, 0.05) is 22.3 Å². The summed E-state index contributed by atoms with van der Waals surface area (Å²) in [5, 5.41) is 11.8. The zero-order chi connectivity index (χ0) is 15.9. The van der Waals surface area contributed by atoms with Gasteiger partial charge >= 0.3 is 0 Å². The van der Waals surface area contributed by atoms with Gasteiger partial charge < -0.3 is 5.32 Å². The van der Waals surface area contributed by atoms with Crippen LogP contribution in [0.4, 0.5) is 5.69 Å². The first-order valence-corrected chi connectivity index (χ1v) is 6.75. The first-order chi connectivity index (χ1) is 10.6. The van der Waals surface area contributed by atoms with Gasteiger partial charge in [0.15, 0.2) is 0 Å². The number of hydrogen-bond donors (Lipinski definition) is 3. The van der Waals surface area contributed by atoms with Crippen LogP contribution in [0.15, 0.2) is 54.6 Å². The predicted octanol–water partition coefficient (Wildman–Crippen LogP) is 3.11. The fourth-order valence-electron chi connectivity index (χ4n) is 1.73. The molecule has 3 N–H and O–H groups in total. The molecule has 2 rings (SSSR count). The van der Waals surface area contributed by atoms with Gasteiger partial charge in [0.2, 0.25) is 0 Å². The van der Waals surface area contributed by atoms with Crippen molar-refractivity contribution in [3.8, 4) is 0 Å². The van der Waals surface area contributed by atoms with Crippen LogP contribution >= 0.6 is 11.6 Å². The molecule has 0 heterocycles. The molecule has 0 aromatic heterocycles. The average molecular weight is 317 g/mol. The number of halogens is 1. The summed E-state index contributed by atoms with van der Waals surface area (Å²) < 4.78 is 0. The van der Waals surface area contributed by atoms with Crippen LogP contribution in [0.25, 0.3) is 6.08 Å². The van der Waals surface area contributed by atoms with E-state index in [1.54, 1.807) is 48.5 Å². The Labute approximate surface area is 132 Å². The fourth-order valence-corrected chi connectivity index (χ4v) is 1.86. The molecule has 0 fully saturated rings. The lowest BCUT2D eigenvalue weighted by Gasteiger charge is -2.06. The number of carbonyl (C=O) groups is 2. The van der Waals surface area contributed by atoms with E-state index in [-0.39, 0.29) is 5.91 Å². The average Bonchev–Trinajstić information content (AvgIpc) is 2.55. The van der Waals surface area contributed by atoms with Gasteiger partial charge in [0.05, 0.1) is 0 Å². The number of rotatable bonds is 4. The van der Waals surface area contributed by atoms with Crippen molar-refractivity contribution in [2.24, 2.45) is 0 Å². The van der Waals surface area contributed by atoms with E-state index in [0.717, 1.165) is 6.08 Å². The third-order valence-corrected chi connectivity index (χ3v) is 3.04. The Morgan fingerprint density at radius 1 is 1.09 bits per heavy atom. The van der Waals surface area contributed by atoms with Crippen molar-refractivity contribution in [3.05, 3.63) is 70.8 Å². The molecule has 0 bridgehead atoms. The molecule has 0 spiro atoms. The van der Waals surface area contributed by atoms with Gasteiger partial charge in [-0.05, 0) is 48.0 Å². The first kappa shape index (κ1) is 15.8. The van der Waals surface area contributed by atoms with Crippen molar-refractivity contribution in [2.75, 3.05) is 5.32 Å². The highest BCUT2D eigenvalue weighted by atomic mass is 35.5. The second-order valence-corrected chi connectivity index (χ2v) is 4.83. The third-order valence-electron chi connectivity index (χ3n) is 2.79. The highest BCUT2D eigenvalue weighted by molar-refractivity contribution is 6.30. The zero-order valence-electron chi connectivity index (χ0n) is 11.4. The third kappa shape index (κ3) is 4.44. The quantitative estimate of drug-likeness (QED) is 0.461. The molecule has 5 nitrogen and oxygen atoms in total. The van der Waals surface area contributed by atoms with Crippen molar-refractivity contribution in [2.45, 2.75) is 0 Å². The molecule has 2 aromatic carbocycles. The van der Waals surface area contributed by atoms with E-state index in [0.29, 0.717) is 21.8 Å². The minimum atomic E-state index is -0.643. The summed E-state index contributed by atoms with van der Waals surface area (Å²) in [6, 6.07) is 13.5. The summed E-state index contributed by atoms with van der Waals surface area (Å²) >= 11 is 5.79. The van der Waals surface area contributed by atoms with Crippen LogP contribution in [0, 0.1) is 0 Å². The Balaban J connectivity index is 2.11. The normalized spacial score (nSPS) is 10.5. The maximum absolute atomic E-state index is 12.2. The van der Waals surface area contributed by atoms with E-state index < -0.39 is 5.91 Å². The molecular formula is C16H13ClN2O3.